The van der Waals surface area contributed by atoms with E-state index in [1.807, 2.05) is 64.4 Å². The molecule has 6 nitrogen and oxygen atoms in total. The fraction of sp³-hybridized carbons (Fsp3) is 0.318. The third-order valence-electron chi connectivity index (χ3n) is 4.95. The number of benzene rings is 1. The maximum absolute atomic E-state index is 13.0. The molecular formula is C22H24N4O2. The summed E-state index contributed by atoms with van der Waals surface area (Å²) in [5.41, 5.74) is 2.84. The van der Waals surface area contributed by atoms with E-state index in [1.165, 1.54) is 0 Å². The lowest BCUT2D eigenvalue weighted by Gasteiger charge is -2.32. The summed E-state index contributed by atoms with van der Waals surface area (Å²) in [7, 11) is 0. The smallest absolute Gasteiger partial charge is 0.253 e. The number of hydrogen-bond acceptors (Lipinski definition) is 4. The Morgan fingerprint density at radius 2 is 2.07 bits per heavy atom. The first-order valence-corrected chi connectivity index (χ1v) is 9.64. The fourth-order valence-electron chi connectivity index (χ4n) is 3.52. The van der Waals surface area contributed by atoms with Gasteiger partial charge in [0.25, 0.3) is 5.91 Å². The van der Waals surface area contributed by atoms with Crippen LogP contribution in [0.3, 0.4) is 0 Å². The molecule has 0 N–H and O–H groups in total. The Balaban J connectivity index is 1.37. The molecule has 3 aromatic rings. The van der Waals surface area contributed by atoms with Crippen molar-refractivity contribution in [1.82, 2.24) is 19.7 Å². The van der Waals surface area contributed by atoms with Crippen LogP contribution in [-0.2, 0) is 17.9 Å². The fourth-order valence-corrected chi connectivity index (χ4v) is 3.52. The van der Waals surface area contributed by atoms with Crippen molar-refractivity contribution in [2.24, 2.45) is 0 Å². The summed E-state index contributed by atoms with van der Waals surface area (Å²) >= 11 is 0. The number of carbonyl (C=O) groups excluding carboxylic acids is 1. The number of hydrogen-bond donors (Lipinski definition) is 0. The van der Waals surface area contributed by atoms with Crippen LogP contribution in [0, 0.1) is 0 Å². The molecule has 1 atom stereocenters. The van der Waals surface area contributed by atoms with Crippen LogP contribution in [0.25, 0.3) is 0 Å². The highest BCUT2D eigenvalue weighted by Gasteiger charge is 2.25. The van der Waals surface area contributed by atoms with E-state index in [-0.39, 0.29) is 12.0 Å². The van der Waals surface area contributed by atoms with Crippen LogP contribution < -0.4 is 0 Å². The largest absolute Gasteiger partial charge is 0.372 e. The molecule has 1 unspecified atom stereocenters. The molecule has 1 aliphatic heterocycles. The van der Waals surface area contributed by atoms with E-state index in [9.17, 15) is 4.79 Å². The van der Waals surface area contributed by atoms with Crippen LogP contribution in [0.5, 0.6) is 0 Å². The highest BCUT2D eigenvalue weighted by molar-refractivity contribution is 5.94. The summed E-state index contributed by atoms with van der Waals surface area (Å²) in [4.78, 5) is 19.0. The number of nitrogens with zero attached hydrogens (tertiary/aromatic N) is 4. The van der Waals surface area contributed by atoms with Gasteiger partial charge in [-0.2, -0.15) is 5.10 Å². The summed E-state index contributed by atoms with van der Waals surface area (Å²) in [6.07, 6.45) is 9.24. The van der Waals surface area contributed by atoms with Gasteiger partial charge in [-0.3, -0.25) is 14.5 Å². The molecule has 144 valence electrons. The highest BCUT2D eigenvalue weighted by Crippen LogP contribution is 2.18. The van der Waals surface area contributed by atoms with Gasteiger partial charge in [-0.05, 0) is 48.2 Å². The summed E-state index contributed by atoms with van der Waals surface area (Å²) in [6.45, 7) is 2.59. The Hall–Kier alpha value is -2.99. The van der Waals surface area contributed by atoms with Crippen molar-refractivity contribution in [1.29, 1.82) is 0 Å². The first-order chi connectivity index (χ1) is 13.8. The number of pyridine rings is 1. The van der Waals surface area contributed by atoms with E-state index < -0.39 is 0 Å². The van der Waals surface area contributed by atoms with Crippen molar-refractivity contribution < 1.29 is 9.53 Å². The predicted octanol–water partition coefficient (Wildman–Crippen LogP) is 3.15. The van der Waals surface area contributed by atoms with Gasteiger partial charge in [0.2, 0.25) is 0 Å². The molecule has 4 rings (SSSR count). The standard InChI is InChI=1S/C22H24N4O2/c27-22(20-7-1-5-18(13-20)15-26-12-4-10-24-26)25-11-3-8-21(16-25)28-17-19-6-2-9-23-14-19/h1-2,4-7,9-10,12-14,21H,3,8,11,15-17H2. The first-order valence-electron chi connectivity index (χ1n) is 9.64. The molecule has 0 spiro atoms. The molecule has 1 fully saturated rings. The second-order valence-corrected chi connectivity index (χ2v) is 7.09. The summed E-state index contributed by atoms with van der Waals surface area (Å²) in [5, 5.41) is 4.23. The van der Waals surface area contributed by atoms with Crippen LogP contribution in [0.4, 0.5) is 0 Å². The molecule has 0 aliphatic carbocycles. The van der Waals surface area contributed by atoms with Crippen LogP contribution in [0.1, 0.15) is 34.3 Å². The van der Waals surface area contributed by atoms with Crippen molar-refractivity contribution in [3.63, 3.8) is 0 Å². The lowest BCUT2D eigenvalue weighted by atomic mass is 10.1. The molecule has 6 heteroatoms. The van der Waals surface area contributed by atoms with Gasteiger partial charge in [0, 0.05) is 43.4 Å². The predicted molar refractivity (Wildman–Crippen MR) is 106 cm³/mol. The number of carbonyl (C=O) groups is 1. The molecule has 1 saturated heterocycles. The molecule has 0 bridgehead atoms. The zero-order chi connectivity index (χ0) is 19.2. The van der Waals surface area contributed by atoms with Crippen LogP contribution >= 0.6 is 0 Å². The number of amides is 1. The molecule has 0 saturated carbocycles. The Morgan fingerprint density at radius 1 is 1.14 bits per heavy atom. The third kappa shape index (κ3) is 4.64. The Morgan fingerprint density at radius 3 is 2.89 bits per heavy atom. The van der Waals surface area contributed by atoms with Gasteiger partial charge in [0.1, 0.15) is 0 Å². The lowest BCUT2D eigenvalue weighted by molar-refractivity contribution is -0.00681. The highest BCUT2D eigenvalue weighted by atomic mass is 16.5. The van der Waals surface area contributed by atoms with Crippen molar-refractivity contribution in [3.05, 3.63) is 83.9 Å². The van der Waals surface area contributed by atoms with Gasteiger partial charge in [-0.1, -0.05) is 18.2 Å². The van der Waals surface area contributed by atoms with E-state index in [0.29, 0.717) is 19.7 Å². The van der Waals surface area contributed by atoms with Gasteiger partial charge < -0.3 is 9.64 Å². The quantitative estimate of drug-likeness (QED) is 0.663. The maximum atomic E-state index is 13.0. The third-order valence-corrected chi connectivity index (χ3v) is 4.95. The Kier molecular flexibility index (Phi) is 5.77. The molecule has 2 aromatic heterocycles. The van der Waals surface area contributed by atoms with E-state index in [0.717, 1.165) is 36.1 Å². The van der Waals surface area contributed by atoms with Gasteiger partial charge in [0.05, 0.1) is 19.3 Å². The number of rotatable bonds is 6. The zero-order valence-electron chi connectivity index (χ0n) is 15.8. The van der Waals surface area contributed by atoms with E-state index in [4.69, 9.17) is 4.74 Å². The zero-order valence-corrected chi connectivity index (χ0v) is 15.8. The Labute approximate surface area is 164 Å². The summed E-state index contributed by atoms with van der Waals surface area (Å²) < 4.78 is 7.89. The number of ether oxygens (including phenoxy) is 1. The van der Waals surface area contributed by atoms with E-state index in [2.05, 4.69) is 10.1 Å². The molecule has 28 heavy (non-hydrogen) atoms. The second-order valence-electron chi connectivity index (χ2n) is 7.09. The molecule has 1 aliphatic rings. The molecule has 1 amide bonds. The molecular weight excluding hydrogens is 352 g/mol. The minimum absolute atomic E-state index is 0.0603. The summed E-state index contributed by atoms with van der Waals surface area (Å²) in [5.74, 6) is 0.0667. The van der Waals surface area contributed by atoms with Crippen molar-refractivity contribution in [2.75, 3.05) is 13.1 Å². The van der Waals surface area contributed by atoms with E-state index in [1.54, 1.807) is 12.4 Å². The minimum atomic E-state index is 0.0603. The first kappa shape index (κ1) is 18.4. The van der Waals surface area contributed by atoms with Crippen LogP contribution in [0.2, 0.25) is 0 Å². The van der Waals surface area contributed by atoms with Crippen LogP contribution in [0.15, 0.2) is 67.3 Å². The topological polar surface area (TPSA) is 60.2 Å². The van der Waals surface area contributed by atoms with Gasteiger partial charge in [-0.15, -0.1) is 0 Å². The average molecular weight is 376 g/mol. The molecule has 0 radical (unpaired) electrons. The SMILES string of the molecule is O=C(c1cccc(Cn2cccn2)c1)N1CCCC(OCc2cccnc2)C1. The average Bonchev–Trinajstić information content (AvgIpc) is 3.26. The normalized spacial score (nSPS) is 16.9. The maximum Gasteiger partial charge on any atom is 0.253 e. The van der Waals surface area contributed by atoms with Gasteiger partial charge in [0.15, 0.2) is 0 Å². The molecule has 1 aromatic carbocycles. The minimum Gasteiger partial charge on any atom is -0.372 e. The van der Waals surface area contributed by atoms with Crippen molar-refractivity contribution in [3.8, 4) is 0 Å². The lowest BCUT2D eigenvalue weighted by Crippen LogP contribution is -2.43. The van der Waals surface area contributed by atoms with Crippen molar-refractivity contribution in [2.45, 2.75) is 32.1 Å². The number of likely N-dealkylation sites (tertiary alicyclic amines) is 1. The molecule has 3 heterocycles. The van der Waals surface area contributed by atoms with Crippen LogP contribution in [-0.4, -0.2) is 44.8 Å². The second kappa shape index (κ2) is 8.80. The van der Waals surface area contributed by atoms with Gasteiger partial charge >= 0.3 is 0 Å². The summed E-state index contributed by atoms with van der Waals surface area (Å²) in [6, 6.07) is 13.6. The monoisotopic (exact) mass is 376 g/mol. The number of aromatic nitrogens is 3. The van der Waals surface area contributed by atoms with Crippen molar-refractivity contribution >= 4 is 5.91 Å². The van der Waals surface area contributed by atoms with E-state index >= 15 is 0 Å². The number of piperidine rings is 1. The Bertz CT molecular complexity index is 896. The van der Waals surface area contributed by atoms with Gasteiger partial charge in [-0.25, -0.2) is 0 Å².